The van der Waals surface area contributed by atoms with E-state index in [9.17, 15) is 25.0 Å². The van der Waals surface area contributed by atoms with E-state index in [0.29, 0.717) is 17.9 Å². The zero-order chi connectivity index (χ0) is 19.0. The summed E-state index contributed by atoms with van der Waals surface area (Å²) < 4.78 is 8.89. The van der Waals surface area contributed by atoms with Crippen LogP contribution in [0.5, 0.6) is 5.75 Å². The van der Waals surface area contributed by atoms with Crippen LogP contribution in [0.1, 0.15) is 45.1 Å². The number of carbonyl (C=O) groups is 1. The molecule has 138 valence electrons. The number of methoxy groups -OCH3 is 1. The number of nitrogens with zero attached hydrogens (tertiary/aromatic N) is 2. The van der Waals surface area contributed by atoms with Crippen LogP contribution in [0, 0.1) is 26.1 Å². The molecule has 0 saturated heterocycles. The average Bonchev–Trinajstić information content (AvgIpc) is 2.54. The van der Waals surface area contributed by atoms with Crippen LogP contribution in [-0.2, 0) is 11.2 Å². The van der Waals surface area contributed by atoms with Gasteiger partial charge in [0.05, 0.1) is 17.0 Å². The van der Waals surface area contributed by atoms with Gasteiger partial charge in [0.15, 0.2) is 0 Å². The molecule has 0 aromatic heterocycles. The first-order valence-electron chi connectivity index (χ1n) is 7.97. The number of aryl methyl sites for hydroxylation is 1. The van der Waals surface area contributed by atoms with Crippen molar-refractivity contribution < 1.29 is 24.1 Å². The summed E-state index contributed by atoms with van der Waals surface area (Å²) in [6, 6.07) is 2.40. The highest BCUT2D eigenvalue weighted by molar-refractivity contribution is 5.71. The van der Waals surface area contributed by atoms with E-state index >= 15 is 0 Å². The largest absolute Gasteiger partial charge is 0.514 e. The van der Waals surface area contributed by atoms with Crippen molar-refractivity contribution >= 4 is 17.5 Å². The van der Waals surface area contributed by atoms with Crippen molar-refractivity contribution in [1.29, 1.82) is 0 Å². The topological polar surface area (TPSA) is 122 Å². The van der Waals surface area contributed by atoms with Crippen LogP contribution in [-0.4, -0.2) is 23.1 Å². The molecule has 0 fully saturated rings. The molecule has 0 unspecified atom stereocenters. The van der Waals surface area contributed by atoms with Gasteiger partial charge in [0.1, 0.15) is 0 Å². The first kappa shape index (κ1) is 20.3. The van der Waals surface area contributed by atoms with Crippen molar-refractivity contribution in [3.05, 3.63) is 37.9 Å². The van der Waals surface area contributed by atoms with Crippen molar-refractivity contribution in [3.8, 4) is 5.75 Å². The van der Waals surface area contributed by atoms with Gasteiger partial charge in [0.2, 0.25) is 0 Å². The monoisotopic (exact) mass is 354 g/mol. The Hall–Kier alpha value is -2.71. The summed E-state index contributed by atoms with van der Waals surface area (Å²) in [5, 5.41) is 22.4. The highest BCUT2D eigenvalue weighted by atomic mass is 16.7. The van der Waals surface area contributed by atoms with Gasteiger partial charge in [-0.1, -0.05) is 33.1 Å². The normalized spacial score (nSPS) is 10.6. The highest BCUT2D eigenvalue weighted by Gasteiger charge is 2.30. The first-order valence-corrected chi connectivity index (χ1v) is 7.97. The van der Waals surface area contributed by atoms with Gasteiger partial charge in [0.25, 0.3) is 5.75 Å². The number of nitro groups is 2. The molecular formula is C16H22N2O7. The SMILES string of the molecule is COC(=O)Oc1c([N+](=O)[O-])cc(CCCCCC(C)C)cc1[N+](=O)[O-]. The summed E-state index contributed by atoms with van der Waals surface area (Å²) in [6.07, 6.45) is 3.03. The molecule has 0 saturated carbocycles. The number of ether oxygens (including phenoxy) is 2. The maximum absolute atomic E-state index is 11.2. The van der Waals surface area contributed by atoms with Crippen molar-refractivity contribution in [2.24, 2.45) is 5.92 Å². The van der Waals surface area contributed by atoms with E-state index in [1.165, 1.54) is 12.1 Å². The minimum absolute atomic E-state index is 0.458. The average molecular weight is 354 g/mol. The van der Waals surface area contributed by atoms with Crippen LogP contribution in [0.25, 0.3) is 0 Å². The minimum Gasteiger partial charge on any atom is -0.437 e. The molecule has 1 aromatic rings. The molecule has 0 aliphatic rings. The van der Waals surface area contributed by atoms with Crippen molar-refractivity contribution in [2.75, 3.05) is 7.11 Å². The van der Waals surface area contributed by atoms with Crippen molar-refractivity contribution in [3.63, 3.8) is 0 Å². The second kappa shape index (κ2) is 9.55. The third-order valence-corrected chi connectivity index (χ3v) is 3.60. The molecule has 9 nitrogen and oxygen atoms in total. The van der Waals surface area contributed by atoms with E-state index < -0.39 is 33.1 Å². The molecule has 0 spiro atoms. The van der Waals surface area contributed by atoms with Crippen molar-refractivity contribution in [2.45, 2.75) is 46.0 Å². The van der Waals surface area contributed by atoms with Crippen LogP contribution < -0.4 is 4.74 Å². The Labute approximate surface area is 145 Å². The van der Waals surface area contributed by atoms with Crippen LogP contribution in [0.15, 0.2) is 12.1 Å². The molecule has 1 aromatic carbocycles. The maximum Gasteiger partial charge on any atom is 0.514 e. The molecule has 1 rings (SSSR count). The van der Waals surface area contributed by atoms with E-state index in [1.807, 2.05) is 0 Å². The lowest BCUT2D eigenvalue weighted by molar-refractivity contribution is -0.395. The highest BCUT2D eigenvalue weighted by Crippen LogP contribution is 2.38. The molecule has 0 heterocycles. The summed E-state index contributed by atoms with van der Waals surface area (Å²) in [7, 11) is 1.01. The van der Waals surface area contributed by atoms with Gasteiger partial charge < -0.3 is 9.47 Å². The predicted molar refractivity (Wildman–Crippen MR) is 89.8 cm³/mol. The van der Waals surface area contributed by atoms with Gasteiger partial charge >= 0.3 is 17.5 Å². The predicted octanol–water partition coefficient (Wildman–Crippen LogP) is 4.41. The number of nitro benzene ring substituents is 2. The van der Waals surface area contributed by atoms with Crippen molar-refractivity contribution in [1.82, 2.24) is 0 Å². The number of benzene rings is 1. The second-order valence-electron chi connectivity index (χ2n) is 6.03. The molecule has 0 amide bonds. The quantitative estimate of drug-likeness (QED) is 0.212. The molecule has 0 aliphatic carbocycles. The Bertz CT molecular complexity index is 608. The first-order chi connectivity index (χ1) is 11.8. The Balaban J connectivity index is 3.03. The molecule has 0 atom stereocenters. The molecular weight excluding hydrogens is 332 g/mol. The van der Waals surface area contributed by atoms with E-state index in [2.05, 4.69) is 23.3 Å². The fourth-order valence-corrected chi connectivity index (χ4v) is 2.36. The van der Waals surface area contributed by atoms with Crippen LogP contribution in [0.4, 0.5) is 16.2 Å². The van der Waals surface area contributed by atoms with Gasteiger partial charge in [-0.05, 0) is 24.3 Å². The molecule has 0 N–H and O–H groups in total. The Morgan fingerprint density at radius 1 is 1.08 bits per heavy atom. The summed E-state index contributed by atoms with van der Waals surface area (Å²) in [5.74, 6) is -0.109. The number of hydrogen-bond donors (Lipinski definition) is 0. The van der Waals surface area contributed by atoms with E-state index in [4.69, 9.17) is 0 Å². The Morgan fingerprint density at radius 2 is 1.64 bits per heavy atom. The zero-order valence-electron chi connectivity index (χ0n) is 14.5. The number of unbranched alkanes of at least 4 members (excludes halogenated alkanes) is 2. The second-order valence-corrected chi connectivity index (χ2v) is 6.03. The number of hydrogen-bond acceptors (Lipinski definition) is 7. The summed E-state index contributed by atoms with van der Waals surface area (Å²) >= 11 is 0. The maximum atomic E-state index is 11.2. The lowest BCUT2D eigenvalue weighted by Gasteiger charge is -2.08. The number of rotatable bonds is 9. The summed E-state index contributed by atoms with van der Waals surface area (Å²) in [5.41, 5.74) is -0.797. The van der Waals surface area contributed by atoms with Crippen LogP contribution in [0.2, 0.25) is 0 Å². The van der Waals surface area contributed by atoms with Gasteiger partial charge in [0, 0.05) is 12.1 Å². The van der Waals surface area contributed by atoms with Gasteiger partial charge in [-0.15, -0.1) is 0 Å². The molecule has 25 heavy (non-hydrogen) atoms. The van der Waals surface area contributed by atoms with Crippen LogP contribution >= 0.6 is 0 Å². The summed E-state index contributed by atoms with van der Waals surface area (Å²) in [4.78, 5) is 32.0. The molecule has 9 heteroatoms. The minimum atomic E-state index is -1.26. The van der Waals surface area contributed by atoms with Gasteiger partial charge in [-0.2, -0.15) is 0 Å². The Kier molecular flexibility index (Phi) is 7.77. The fourth-order valence-electron chi connectivity index (χ4n) is 2.36. The smallest absolute Gasteiger partial charge is 0.437 e. The molecule has 0 bridgehead atoms. The summed E-state index contributed by atoms with van der Waals surface area (Å²) in [6.45, 7) is 4.26. The zero-order valence-corrected chi connectivity index (χ0v) is 14.5. The third kappa shape index (κ3) is 6.36. The van der Waals surface area contributed by atoms with Gasteiger partial charge in [-0.25, -0.2) is 4.79 Å². The van der Waals surface area contributed by atoms with Gasteiger partial charge in [-0.3, -0.25) is 20.2 Å². The number of carbonyl (C=O) groups excluding carboxylic acids is 1. The lowest BCUT2D eigenvalue weighted by Crippen LogP contribution is -2.11. The van der Waals surface area contributed by atoms with Crippen LogP contribution in [0.3, 0.4) is 0 Å². The molecule has 0 aliphatic heterocycles. The third-order valence-electron chi connectivity index (χ3n) is 3.60. The standard InChI is InChI=1S/C16H22N2O7/c1-11(2)7-5-4-6-8-12-9-13(17(20)21)15(25-16(19)24-3)14(10-12)18(22)23/h9-11H,4-8H2,1-3H3. The van der Waals surface area contributed by atoms with E-state index in [0.717, 1.165) is 32.8 Å². The fraction of sp³-hybridized carbons (Fsp3) is 0.562. The lowest BCUT2D eigenvalue weighted by atomic mass is 10.0. The van der Waals surface area contributed by atoms with E-state index in [1.54, 1.807) is 0 Å². The molecule has 0 radical (unpaired) electrons. The Morgan fingerprint density at radius 3 is 2.08 bits per heavy atom. The van der Waals surface area contributed by atoms with E-state index in [-0.39, 0.29) is 0 Å².